The molecule has 1 amide bonds. The maximum absolute atomic E-state index is 12.5. The molecule has 35 heavy (non-hydrogen) atoms. The molecule has 11 heteroatoms. The molecule has 1 aliphatic heterocycles. The van der Waals surface area contributed by atoms with E-state index < -0.39 is 29.0 Å². The van der Waals surface area contributed by atoms with Crippen LogP contribution in [0.4, 0.5) is 5.69 Å². The Kier molecular flexibility index (Phi) is 6.15. The van der Waals surface area contributed by atoms with Crippen molar-refractivity contribution in [2.75, 3.05) is 0 Å². The number of hydrazone groups is 1. The van der Waals surface area contributed by atoms with Crippen molar-refractivity contribution in [1.82, 2.24) is 5.01 Å². The van der Waals surface area contributed by atoms with E-state index in [4.69, 9.17) is 14.2 Å². The number of hydrogen-bond acceptors (Lipinski definition) is 9. The van der Waals surface area contributed by atoms with Gasteiger partial charge in [0.05, 0.1) is 16.1 Å². The standard InChI is InChI=1S/C24H19N3O8/c1-13(28)26-24(20-10-16-6-4-5-7-17(16)11-22(20)34-15(3)30)35-23(25-26)19-12-18(27(31)32)8-9-21(19)33-14(2)29/h4-12,24H,1-3H3. The summed E-state index contributed by atoms with van der Waals surface area (Å²) in [5.41, 5.74) is 0.0247. The van der Waals surface area contributed by atoms with E-state index in [0.717, 1.165) is 21.8 Å². The van der Waals surface area contributed by atoms with E-state index in [-0.39, 0.29) is 28.6 Å². The molecule has 0 N–H and O–H groups in total. The number of nitrogens with zero attached hydrogens (tertiary/aromatic N) is 3. The molecular weight excluding hydrogens is 458 g/mol. The third-order valence-electron chi connectivity index (χ3n) is 5.02. The van der Waals surface area contributed by atoms with Crippen LogP contribution in [-0.2, 0) is 19.1 Å². The van der Waals surface area contributed by atoms with Crippen molar-refractivity contribution in [3.63, 3.8) is 0 Å². The quantitative estimate of drug-likeness (QED) is 0.234. The molecule has 1 atom stereocenters. The van der Waals surface area contributed by atoms with Gasteiger partial charge in [0.15, 0.2) is 0 Å². The maximum Gasteiger partial charge on any atom is 0.308 e. The average molecular weight is 477 g/mol. The van der Waals surface area contributed by atoms with Gasteiger partial charge in [0.2, 0.25) is 18.0 Å². The molecule has 0 aliphatic carbocycles. The number of non-ortho nitro benzene ring substituents is 1. The fourth-order valence-corrected chi connectivity index (χ4v) is 3.59. The van der Waals surface area contributed by atoms with Crippen molar-refractivity contribution in [1.29, 1.82) is 0 Å². The summed E-state index contributed by atoms with van der Waals surface area (Å²) in [7, 11) is 0. The van der Waals surface area contributed by atoms with Crippen LogP contribution in [0.1, 0.15) is 38.1 Å². The topological polar surface area (TPSA) is 138 Å². The smallest absolute Gasteiger partial charge is 0.308 e. The second-order valence-electron chi connectivity index (χ2n) is 7.60. The van der Waals surface area contributed by atoms with Crippen LogP contribution >= 0.6 is 0 Å². The Morgan fingerprint density at radius 3 is 2.17 bits per heavy atom. The van der Waals surface area contributed by atoms with Gasteiger partial charge in [0.25, 0.3) is 5.69 Å². The first-order valence-electron chi connectivity index (χ1n) is 10.4. The van der Waals surface area contributed by atoms with Gasteiger partial charge in [-0.1, -0.05) is 24.3 Å². The van der Waals surface area contributed by atoms with Gasteiger partial charge in [-0.05, 0) is 29.0 Å². The Bertz CT molecular complexity index is 1420. The van der Waals surface area contributed by atoms with E-state index in [0.29, 0.717) is 5.56 Å². The highest BCUT2D eigenvalue weighted by atomic mass is 16.6. The van der Waals surface area contributed by atoms with E-state index >= 15 is 0 Å². The van der Waals surface area contributed by atoms with E-state index in [1.54, 1.807) is 12.1 Å². The van der Waals surface area contributed by atoms with Crippen LogP contribution in [0.25, 0.3) is 10.8 Å². The number of carbonyl (C=O) groups is 3. The SMILES string of the molecule is CC(=O)Oc1ccc([N+](=O)[O-])cc1C1=NN(C(C)=O)C(c2cc3ccccc3cc2OC(C)=O)O1. The molecule has 11 nitrogen and oxygen atoms in total. The molecule has 0 saturated carbocycles. The number of nitro groups is 1. The van der Waals surface area contributed by atoms with E-state index in [2.05, 4.69) is 5.10 Å². The second kappa shape index (κ2) is 9.21. The van der Waals surface area contributed by atoms with Crippen LogP contribution in [0.2, 0.25) is 0 Å². The minimum atomic E-state index is -1.16. The van der Waals surface area contributed by atoms with Crippen molar-refractivity contribution in [2.24, 2.45) is 5.10 Å². The lowest BCUT2D eigenvalue weighted by Crippen LogP contribution is -2.26. The maximum atomic E-state index is 12.5. The third kappa shape index (κ3) is 4.78. The van der Waals surface area contributed by atoms with Gasteiger partial charge in [0.1, 0.15) is 11.5 Å². The molecule has 0 bridgehead atoms. The second-order valence-corrected chi connectivity index (χ2v) is 7.60. The largest absolute Gasteiger partial charge is 0.445 e. The van der Waals surface area contributed by atoms with Gasteiger partial charge in [-0.2, -0.15) is 5.01 Å². The Labute approximate surface area is 198 Å². The summed E-state index contributed by atoms with van der Waals surface area (Å²) in [4.78, 5) is 46.6. The number of esters is 2. The summed E-state index contributed by atoms with van der Waals surface area (Å²) in [6.07, 6.45) is -1.16. The normalized spacial score (nSPS) is 14.8. The fourth-order valence-electron chi connectivity index (χ4n) is 3.59. The number of ether oxygens (including phenoxy) is 3. The molecule has 1 aliphatic rings. The highest BCUT2D eigenvalue weighted by Crippen LogP contribution is 2.39. The summed E-state index contributed by atoms with van der Waals surface area (Å²) >= 11 is 0. The minimum absolute atomic E-state index is 0.00187. The van der Waals surface area contributed by atoms with Gasteiger partial charge in [0, 0.05) is 32.9 Å². The van der Waals surface area contributed by atoms with E-state index in [1.807, 2.05) is 24.3 Å². The number of carbonyl (C=O) groups excluding carboxylic acids is 3. The van der Waals surface area contributed by atoms with Crippen LogP contribution < -0.4 is 9.47 Å². The van der Waals surface area contributed by atoms with Crippen molar-refractivity contribution in [2.45, 2.75) is 27.0 Å². The van der Waals surface area contributed by atoms with E-state index in [1.165, 1.54) is 32.9 Å². The molecular formula is C24H19N3O8. The van der Waals surface area contributed by atoms with E-state index in [9.17, 15) is 24.5 Å². The molecule has 0 spiro atoms. The van der Waals surface area contributed by atoms with Crippen LogP contribution in [0.3, 0.4) is 0 Å². The minimum Gasteiger partial charge on any atom is -0.445 e. The van der Waals surface area contributed by atoms with Crippen molar-refractivity contribution >= 4 is 40.2 Å². The predicted molar refractivity (Wildman–Crippen MR) is 123 cm³/mol. The summed E-state index contributed by atoms with van der Waals surface area (Å²) in [6, 6.07) is 14.2. The lowest BCUT2D eigenvalue weighted by Gasteiger charge is -2.22. The number of benzene rings is 3. The number of nitro benzene ring substituents is 1. The highest BCUT2D eigenvalue weighted by Gasteiger charge is 2.37. The number of hydrogen-bond donors (Lipinski definition) is 0. The number of amides is 1. The summed E-state index contributed by atoms with van der Waals surface area (Å²) in [5, 5.41) is 18.1. The Morgan fingerprint density at radius 2 is 1.57 bits per heavy atom. The van der Waals surface area contributed by atoms with Crippen molar-refractivity contribution < 1.29 is 33.5 Å². The van der Waals surface area contributed by atoms with Gasteiger partial charge in [-0.25, -0.2) is 0 Å². The van der Waals surface area contributed by atoms with Gasteiger partial charge >= 0.3 is 11.9 Å². The fraction of sp³-hybridized carbons (Fsp3) is 0.167. The summed E-state index contributed by atoms with van der Waals surface area (Å²) < 4.78 is 16.5. The first-order valence-corrected chi connectivity index (χ1v) is 10.4. The Hall–Kier alpha value is -4.80. The molecule has 0 fully saturated rings. The molecule has 4 rings (SSSR count). The molecule has 1 unspecified atom stereocenters. The highest BCUT2D eigenvalue weighted by molar-refractivity contribution is 6.00. The lowest BCUT2D eigenvalue weighted by molar-refractivity contribution is -0.384. The molecule has 0 radical (unpaired) electrons. The molecule has 3 aromatic carbocycles. The zero-order valence-corrected chi connectivity index (χ0v) is 18.9. The van der Waals surface area contributed by atoms with Gasteiger partial charge in [-0.3, -0.25) is 24.5 Å². The third-order valence-corrected chi connectivity index (χ3v) is 5.02. The predicted octanol–water partition coefficient (Wildman–Crippen LogP) is 3.84. The summed E-state index contributed by atoms with van der Waals surface area (Å²) in [5.74, 6) is -1.82. The number of fused-ring (bicyclic) bond motifs is 1. The number of rotatable bonds is 5. The van der Waals surface area contributed by atoms with Gasteiger partial charge < -0.3 is 14.2 Å². The van der Waals surface area contributed by atoms with Crippen molar-refractivity contribution in [3.8, 4) is 11.5 Å². The summed E-state index contributed by atoms with van der Waals surface area (Å²) in [6.45, 7) is 3.68. The Balaban J connectivity index is 1.84. The first-order chi connectivity index (χ1) is 16.6. The van der Waals surface area contributed by atoms with Crippen molar-refractivity contribution in [3.05, 3.63) is 75.8 Å². The average Bonchev–Trinajstić information content (AvgIpc) is 3.23. The van der Waals surface area contributed by atoms with Gasteiger partial charge in [-0.15, -0.1) is 5.10 Å². The molecule has 3 aromatic rings. The zero-order chi connectivity index (χ0) is 25.3. The van der Waals surface area contributed by atoms with Crippen LogP contribution in [0, 0.1) is 10.1 Å². The zero-order valence-electron chi connectivity index (χ0n) is 18.9. The molecule has 0 saturated heterocycles. The first kappa shape index (κ1) is 23.4. The Morgan fingerprint density at radius 1 is 0.943 bits per heavy atom. The van der Waals surface area contributed by atoms with Crippen LogP contribution in [0.5, 0.6) is 11.5 Å². The molecule has 178 valence electrons. The lowest BCUT2D eigenvalue weighted by atomic mass is 10.0. The molecule has 0 aromatic heterocycles. The van der Waals surface area contributed by atoms with Crippen LogP contribution in [0.15, 0.2) is 59.7 Å². The monoisotopic (exact) mass is 477 g/mol. The molecule has 1 heterocycles. The van der Waals surface area contributed by atoms with Crippen LogP contribution in [-0.4, -0.2) is 33.7 Å².